The van der Waals surface area contributed by atoms with E-state index in [1.54, 1.807) is 19.1 Å². The number of nitrogens with zero attached hydrogens (tertiary/aromatic N) is 2. The van der Waals surface area contributed by atoms with Crippen LogP contribution >= 0.6 is 11.8 Å². The van der Waals surface area contributed by atoms with Crippen molar-refractivity contribution in [2.24, 2.45) is 11.8 Å². The number of rotatable bonds is 9. The van der Waals surface area contributed by atoms with Gasteiger partial charge in [-0.1, -0.05) is 30.7 Å². The average molecular weight is 608 g/mol. The molecule has 3 aliphatic heterocycles. The van der Waals surface area contributed by atoms with E-state index in [0.717, 1.165) is 22.3 Å². The Kier molecular flexibility index (Phi) is 8.43. The van der Waals surface area contributed by atoms with Crippen LogP contribution < -0.4 is 5.32 Å². The van der Waals surface area contributed by atoms with Crippen molar-refractivity contribution >= 4 is 41.2 Å². The number of thioether (sulfide) groups is 1. The summed E-state index contributed by atoms with van der Waals surface area (Å²) in [6.45, 7) is 10.6. The second-order valence-electron chi connectivity index (χ2n) is 11.9. The molecule has 2 aromatic carbocycles. The number of aliphatic hydroxyl groups is 1. The summed E-state index contributed by atoms with van der Waals surface area (Å²) >= 11 is 1.41. The Labute approximate surface area is 254 Å². The number of hydrogen-bond donors (Lipinski definition) is 4. The number of β-lactam (4-membered cyclic amide) rings is 1. The van der Waals surface area contributed by atoms with E-state index in [-0.39, 0.29) is 34.2 Å². The highest BCUT2D eigenvalue weighted by atomic mass is 32.2. The van der Waals surface area contributed by atoms with Gasteiger partial charge in [-0.25, -0.2) is 9.59 Å². The number of carboxylic acid groups (broad SMARTS) is 2. The lowest BCUT2D eigenvalue weighted by Crippen LogP contribution is -2.63. The molecular weight excluding hydrogens is 570 g/mol. The Hall–Kier alpha value is -3.67. The van der Waals surface area contributed by atoms with E-state index in [0.29, 0.717) is 30.1 Å². The van der Waals surface area contributed by atoms with Crippen LogP contribution in [0.3, 0.4) is 0 Å². The zero-order chi connectivity index (χ0) is 31.3. The first kappa shape index (κ1) is 30.8. The lowest BCUT2D eigenvalue weighted by atomic mass is 9.79. The van der Waals surface area contributed by atoms with Gasteiger partial charge in [0.25, 0.3) is 0 Å². The van der Waals surface area contributed by atoms with Crippen LogP contribution in [-0.4, -0.2) is 78.9 Å². The van der Waals surface area contributed by atoms with E-state index in [9.17, 15) is 34.5 Å². The zero-order valence-electron chi connectivity index (χ0n) is 24.8. The number of amides is 2. The van der Waals surface area contributed by atoms with Crippen molar-refractivity contribution in [2.75, 3.05) is 11.9 Å². The summed E-state index contributed by atoms with van der Waals surface area (Å²) in [6, 6.07) is 9.37. The maximum Gasteiger partial charge on any atom is 0.353 e. The third-order valence-electron chi connectivity index (χ3n) is 8.85. The van der Waals surface area contributed by atoms with Gasteiger partial charge in [0.05, 0.1) is 29.7 Å². The fourth-order valence-corrected chi connectivity index (χ4v) is 8.43. The minimum Gasteiger partial charge on any atom is -0.478 e. The summed E-state index contributed by atoms with van der Waals surface area (Å²) in [4.78, 5) is 54.4. The molecule has 5 rings (SSSR count). The number of carbonyl (C=O) groups excluding carboxylic acids is 2. The number of carboxylic acids is 2. The van der Waals surface area contributed by atoms with Gasteiger partial charge in [0, 0.05) is 34.8 Å². The first-order chi connectivity index (χ1) is 20.3. The monoisotopic (exact) mass is 607 g/mol. The fraction of sp³-hybridized carbons (Fsp3) is 0.438. The van der Waals surface area contributed by atoms with Crippen molar-refractivity contribution in [1.82, 2.24) is 9.80 Å². The lowest BCUT2D eigenvalue weighted by molar-refractivity contribution is -0.163. The van der Waals surface area contributed by atoms with Crippen molar-refractivity contribution in [2.45, 2.75) is 71.0 Å². The number of anilines is 1. The molecule has 2 amide bonds. The van der Waals surface area contributed by atoms with Gasteiger partial charge in [-0.05, 0) is 69.0 Å². The highest BCUT2D eigenvalue weighted by Gasteiger charge is 2.60. The van der Waals surface area contributed by atoms with Crippen LogP contribution in [0.1, 0.15) is 52.9 Å². The summed E-state index contributed by atoms with van der Waals surface area (Å²) < 4.78 is 0. The molecule has 0 aliphatic carbocycles. The van der Waals surface area contributed by atoms with Crippen molar-refractivity contribution in [1.29, 1.82) is 0 Å². The molecule has 3 aliphatic rings. The number of aryl methyl sites for hydroxylation is 3. The third kappa shape index (κ3) is 5.69. The van der Waals surface area contributed by atoms with Gasteiger partial charge >= 0.3 is 11.9 Å². The molecule has 0 bridgehead atoms. The van der Waals surface area contributed by atoms with Gasteiger partial charge in [0.1, 0.15) is 5.70 Å². The van der Waals surface area contributed by atoms with Crippen LogP contribution in [0.2, 0.25) is 0 Å². The summed E-state index contributed by atoms with van der Waals surface area (Å²) in [6.07, 6.45) is -0.452. The van der Waals surface area contributed by atoms with E-state index in [1.165, 1.54) is 28.8 Å². The first-order valence-electron chi connectivity index (χ1n) is 14.4. The first-order valence-corrected chi connectivity index (χ1v) is 15.3. The number of fused-ring (bicyclic) bond motifs is 1. The molecule has 11 heteroatoms. The molecule has 228 valence electrons. The number of likely N-dealkylation sites (tertiary alicyclic amines) is 1. The summed E-state index contributed by atoms with van der Waals surface area (Å²) in [7, 11) is 0. The minimum atomic E-state index is -1.18. The molecule has 0 aromatic heterocycles. The molecule has 3 heterocycles. The number of aliphatic hydroxyl groups excluding tert-OH is 1. The van der Waals surface area contributed by atoms with Gasteiger partial charge in [-0.2, -0.15) is 0 Å². The van der Waals surface area contributed by atoms with Crippen LogP contribution in [0.15, 0.2) is 47.0 Å². The summed E-state index contributed by atoms with van der Waals surface area (Å²) in [5.74, 6) is -3.82. The Morgan fingerprint density at radius 3 is 2.35 bits per heavy atom. The van der Waals surface area contributed by atoms with Gasteiger partial charge < -0.3 is 25.5 Å². The molecule has 6 atom stereocenters. The molecule has 2 aromatic rings. The Balaban J connectivity index is 1.43. The van der Waals surface area contributed by atoms with E-state index in [4.69, 9.17) is 0 Å². The summed E-state index contributed by atoms with van der Waals surface area (Å²) in [5.41, 5.74) is 4.94. The lowest BCUT2D eigenvalue weighted by Gasteiger charge is -2.46. The van der Waals surface area contributed by atoms with Crippen molar-refractivity contribution in [3.8, 4) is 0 Å². The molecule has 0 saturated carbocycles. The maximum absolute atomic E-state index is 13.7. The average Bonchev–Trinajstić information content (AvgIpc) is 3.43. The number of benzene rings is 2. The summed E-state index contributed by atoms with van der Waals surface area (Å²) in [5, 5.41) is 32.4. The molecule has 2 fully saturated rings. The topological polar surface area (TPSA) is 147 Å². The molecule has 0 unspecified atom stereocenters. The fourth-order valence-electron chi connectivity index (χ4n) is 6.87. The van der Waals surface area contributed by atoms with Crippen LogP contribution in [0.4, 0.5) is 5.69 Å². The van der Waals surface area contributed by atoms with E-state index < -0.39 is 36.0 Å². The maximum atomic E-state index is 13.7. The SMILES string of the molecule is Cc1cc(C)c(CN2C[C@@H](SC3=C(C(=O)O)N4C(=O)[C@H]([C@@H](C)O)[C@H]4[C@H]3C)C[C@H]2C(=O)Nc2cccc(C(=O)O)c2)c(C)c1. The van der Waals surface area contributed by atoms with Gasteiger partial charge in [-0.3, -0.25) is 14.5 Å². The standard InChI is InChI=1S/C32H37N3O7S/c1-15-9-16(2)23(17(3)10-15)14-34-13-22(12-24(34)29(37)33-21-8-6-7-20(11-21)31(39)40)43-28-18(4)26-25(19(5)36)30(38)35(26)27(28)32(41)42/h6-11,18-19,22,24-26,36H,12-14H2,1-5H3,(H,33,37)(H,39,40)(H,41,42)/t18-,19-,22+,24+,25-,26-/m1/s1. The van der Waals surface area contributed by atoms with Gasteiger partial charge in [0.2, 0.25) is 11.8 Å². The molecular formula is C32H37N3O7S. The van der Waals surface area contributed by atoms with E-state index in [1.807, 2.05) is 27.7 Å². The largest absolute Gasteiger partial charge is 0.478 e. The van der Waals surface area contributed by atoms with Crippen LogP contribution in [-0.2, 0) is 20.9 Å². The predicted octanol–water partition coefficient (Wildman–Crippen LogP) is 3.78. The third-order valence-corrected chi connectivity index (χ3v) is 10.3. The second-order valence-corrected chi connectivity index (χ2v) is 13.3. The van der Waals surface area contributed by atoms with Crippen LogP contribution in [0.5, 0.6) is 0 Å². The second kappa shape index (κ2) is 11.8. The number of nitrogens with one attached hydrogen (secondary N) is 1. The van der Waals surface area contributed by atoms with Crippen molar-refractivity contribution in [3.63, 3.8) is 0 Å². The highest BCUT2D eigenvalue weighted by molar-refractivity contribution is 8.03. The molecule has 0 spiro atoms. The Morgan fingerprint density at radius 1 is 1.07 bits per heavy atom. The molecule has 43 heavy (non-hydrogen) atoms. The molecule has 10 nitrogen and oxygen atoms in total. The number of aliphatic carboxylic acids is 1. The highest BCUT2D eigenvalue weighted by Crippen LogP contribution is 2.52. The number of hydrogen-bond acceptors (Lipinski definition) is 7. The van der Waals surface area contributed by atoms with E-state index in [2.05, 4.69) is 22.3 Å². The van der Waals surface area contributed by atoms with Crippen molar-refractivity contribution in [3.05, 3.63) is 74.8 Å². The smallest absolute Gasteiger partial charge is 0.353 e. The molecule has 0 radical (unpaired) electrons. The molecule has 2 saturated heterocycles. The predicted molar refractivity (Wildman–Crippen MR) is 163 cm³/mol. The normalized spacial score (nSPS) is 25.9. The molecule has 4 N–H and O–H groups in total. The quantitative estimate of drug-likeness (QED) is 0.313. The van der Waals surface area contributed by atoms with Crippen molar-refractivity contribution < 1.29 is 34.5 Å². The van der Waals surface area contributed by atoms with Crippen LogP contribution in [0.25, 0.3) is 0 Å². The number of aromatic carboxylic acids is 1. The van der Waals surface area contributed by atoms with Crippen LogP contribution in [0, 0.1) is 32.6 Å². The zero-order valence-corrected chi connectivity index (χ0v) is 25.6. The van der Waals surface area contributed by atoms with Gasteiger partial charge in [-0.15, -0.1) is 11.8 Å². The van der Waals surface area contributed by atoms with E-state index >= 15 is 0 Å². The Morgan fingerprint density at radius 2 is 1.74 bits per heavy atom. The number of carbonyl (C=O) groups is 4. The Bertz CT molecular complexity index is 1510. The van der Waals surface area contributed by atoms with Gasteiger partial charge in [0.15, 0.2) is 0 Å². The minimum absolute atomic E-state index is 0.0282.